The Morgan fingerprint density at radius 3 is 2.41 bits per heavy atom. The number of fused-ring (bicyclic) bond motifs is 1. The van der Waals surface area contributed by atoms with Crippen LogP contribution in [-0.4, -0.2) is 47.7 Å². The highest BCUT2D eigenvalue weighted by Gasteiger charge is 2.27. The molecule has 1 unspecified atom stereocenters. The largest absolute Gasteiger partial charge is 0.497 e. The van der Waals surface area contributed by atoms with E-state index in [1.54, 1.807) is 54.0 Å². The van der Waals surface area contributed by atoms with Crippen molar-refractivity contribution in [3.05, 3.63) is 99.6 Å². The van der Waals surface area contributed by atoms with Crippen LogP contribution in [0.15, 0.2) is 71.5 Å². The lowest BCUT2D eigenvalue weighted by atomic mass is 10.1. The SMILES string of the molecule is COCCCN(C(=O)c1ccc(OC)cc1)C(C)c1nc2ccccc2c(=O)n1-c1ccc(C)c(C)c1. The summed E-state index contributed by atoms with van der Waals surface area (Å²) in [6, 6.07) is 19.8. The highest BCUT2D eigenvalue weighted by Crippen LogP contribution is 2.26. The second kappa shape index (κ2) is 11.4. The van der Waals surface area contributed by atoms with Gasteiger partial charge in [0.1, 0.15) is 11.6 Å². The summed E-state index contributed by atoms with van der Waals surface area (Å²) in [5.41, 5.74) is 3.90. The second-order valence-electron chi connectivity index (χ2n) is 9.15. The van der Waals surface area contributed by atoms with Crippen LogP contribution in [0.1, 0.15) is 46.7 Å². The molecule has 37 heavy (non-hydrogen) atoms. The number of hydrogen-bond donors (Lipinski definition) is 0. The van der Waals surface area contributed by atoms with Gasteiger partial charge in [-0.1, -0.05) is 18.2 Å². The molecule has 0 saturated carbocycles. The van der Waals surface area contributed by atoms with Crippen molar-refractivity contribution in [2.45, 2.75) is 33.2 Å². The van der Waals surface area contributed by atoms with Gasteiger partial charge in [0.15, 0.2) is 0 Å². The summed E-state index contributed by atoms with van der Waals surface area (Å²) in [5.74, 6) is 1.03. The quantitative estimate of drug-likeness (QED) is 0.294. The van der Waals surface area contributed by atoms with Crippen LogP contribution >= 0.6 is 0 Å². The van der Waals surface area contributed by atoms with Gasteiger partial charge in [0.05, 0.1) is 29.7 Å². The monoisotopic (exact) mass is 499 g/mol. The number of nitrogens with zero attached hydrogens (tertiary/aromatic N) is 3. The summed E-state index contributed by atoms with van der Waals surface area (Å²) in [7, 11) is 3.23. The van der Waals surface area contributed by atoms with E-state index < -0.39 is 6.04 Å². The molecule has 1 amide bonds. The van der Waals surface area contributed by atoms with Gasteiger partial charge < -0.3 is 14.4 Å². The number of ether oxygens (including phenoxy) is 2. The number of benzene rings is 3. The summed E-state index contributed by atoms with van der Waals surface area (Å²) in [4.78, 5) is 34.3. The van der Waals surface area contributed by atoms with E-state index in [9.17, 15) is 9.59 Å². The summed E-state index contributed by atoms with van der Waals surface area (Å²) < 4.78 is 12.2. The summed E-state index contributed by atoms with van der Waals surface area (Å²) in [5, 5.41) is 0.532. The topological polar surface area (TPSA) is 73.7 Å². The molecule has 0 radical (unpaired) electrons. The van der Waals surface area contributed by atoms with Crippen LogP contribution in [0.4, 0.5) is 0 Å². The molecule has 1 heterocycles. The molecular weight excluding hydrogens is 466 g/mol. The van der Waals surface area contributed by atoms with E-state index in [1.165, 1.54) is 0 Å². The molecule has 7 heteroatoms. The Kier molecular flexibility index (Phi) is 8.04. The molecule has 4 rings (SSSR count). The molecule has 0 fully saturated rings. The van der Waals surface area contributed by atoms with Crippen molar-refractivity contribution in [1.29, 1.82) is 0 Å². The Labute approximate surface area is 217 Å². The van der Waals surface area contributed by atoms with Crippen LogP contribution in [0, 0.1) is 13.8 Å². The smallest absolute Gasteiger partial charge is 0.266 e. The van der Waals surface area contributed by atoms with Crippen molar-refractivity contribution >= 4 is 16.8 Å². The predicted molar refractivity (Wildman–Crippen MR) is 146 cm³/mol. The molecule has 1 atom stereocenters. The molecule has 0 spiro atoms. The third-order valence-electron chi connectivity index (χ3n) is 6.74. The molecular formula is C30H33N3O4. The molecule has 0 bridgehead atoms. The Morgan fingerprint density at radius 2 is 1.73 bits per heavy atom. The van der Waals surface area contributed by atoms with Gasteiger partial charge in [0.2, 0.25) is 0 Å². The first kappa shape index (κ1) is 26.1. The normalized spacial score (nSPS) is 11.9. The second-order valence-corrected chi connectivity index (χ2v) is 9.15. The average Bonchev–Trinajstić information content (AvgIpc) is 2.92. The van der Waals surface area contributed by atoms with Gasteiger partial charge in [-0.3, -0.25) is 14.2 Å². The van der Waals surface area contributed by atoms with Crippen LogP contribution in [0.25, 0.3) is 16.6 Å². The maximum Gasteiger partial charge on any atom is 0.266 e. The van der Waals surface area contributed by atoms with Gasteiger partial charge in [0, 0.05) is 25.8 Å². The Morgan fingerprint density at radius 1 is 1.00 bits per heavy atom. The van der Waals surface area contributed by atoms with E-state index in [2.05, 4.69) is 0 Å². The van der Waals surface area contributed by atoms with Gasteiger partial charge in [-0.2, -0.15) is 0 Å². The molecule has 0 saturated heterocycles. The minimum absolute atomic E-state index is 0.152. The number of rotatable bonds is 9. The predicted octanol–water partition coefficient (Wildman–Crippen LogP) is 5.25. The minimum atomic E-state index is -0.495. The maximum absolute atomic E-state index is 13.8. The van der Waals surface area contributed by atoms with E-state index in [4.69, 9.17) is 14.5 Å². The lowest BCUT2D eigenvalue weighted by Gasteiger charge is -2.31. The molecule has 1 aromatic heterocycles. The molecule has 0 aliphatic rings. The van der Waals surface area contributed by atoms with Crippen molar-refractivity contribution in [2.24, 2.45) is 0 Å². The standard InChI is InChI=1S/C30H33N3O4/c1-20-11-14-24(19-21(20)2)33-28(31-27-10-7-6-9-26(27)30(33)35)22(3)32(17-8-18-36-4)29(34)23-12-15-25(37-5)16-13-23/h6-7,9-16,19,22H,8,17-18H2,1-5H3. The van der Waals surface area contributed by atoms with Crippen molar-refractivity contribution in [2.75, 3.05) is 27.4 Å². The zero-order valence-corrected chi connectivity index (χ0v) is 22.0. The van der Waals surface area contributed by atoms with Gasteiger partial charge >= 0.3 is 0 Å². The van der Waals surface area contributed by atoms with Crippen LogP contribution in [0.2, 0.25) is 0 Å². The molecule has 4 aromatic rings. The molecule has 192 valence electrons. The third-order valence-corrected chi connectivity index (χ3v) is 6.74. The Hall–Kier alpha value is -3.97. The first-order chi connectivity index (χ1) is 17.8. The van der Waals surface area contributed by atoms with Crippen molar-refractivity contribution in [3.63, 3.8) is 0 Å². The Balaban J connectivity index is 1.87. The van der Waals surface area contributed by atoms with Crippen molar-refractivity contribution in [3.8, 4) is 11.4 Å². The van der Waals surface area contributed by atoms with E-state index >= 15 is 0 Å². The molecule has 0 aliphatic heterocycles. The first-order valence-corrected chi connectivity index (χ1v) is 12.4. The van der Waals surface area contributed by atoms with Crippen LogP contribution < -0.4 is 10.3 Å². The summed E-state index contributed by atoms with van der Waals surface area (Å²) >= 11 is 0. The number of carbonyl (C=O) groups is 1. The van der Waals surface area contributed by atoms with Gasteiger partial charge in [-0.25, -0.2) is 4.98 Å². The molecule has 3 aromatic carbocycles. The fourth-order valence-electron chi connectivity index (χ4n) is 4.43. The van der Waals surface area contributed by atoms with Crippen LogP contribution in [0.5, 0.6) is 5.75 Å². The number of carbonyl (C=O) groups excluding carboxylic acids is 1. The number of para-hydroxylation sites is 1. The average molecular weight is 500 g/mol. The summed E-state index contributed by atoms with van der Waals surface area (Å²) in [6.45, 7) is 6.92. The van der Waals surface area contributed by atoms with Gasteiger partial charge in [0.25, 0.3) is 11.5 Å². The number of aryl methyl sites for hydroxylation is 2. The van der Waals surface area contributed by atoms with E-state index in [-0.39, 0.29) is 11.5 Å². The van der Waals surface area contributed by atoms with E-state index in [0.29, 0.717) is 47.6 Å². The van der Waals surface area contributed by atoms with E-state index in [0.717, 1.165) is 16.8 Å². The van der Waals surface area contributed by atoms with E-state index in [1.807, 2.05) is 57.2 Å². The van der Waals surface area contributed by atoms with Crippen molar-refractivity contribution in [1.82, 2.24) is 14.5 Å². The third kappa shape index (κ3) is 5.42. The number of hydrogen-bond acceptors (Lipinski definition) is 5. The van der Waals surface area contributed by atoms with Crippen molar-refractivity contribution < 1.29 is 14.3 Å². The van der Waals surface area contributed by atoms with Gasteiger partial charge in [-0.15, -0.1) is 0 Å². The Bertz CT molecular complexity index is 1460. The first-order valence-electron chi connectivity index (χ1n) is 12.4. The lowest BCUT2D eigenvalue weighted by molar-refractivity contribution is 0.0657. The number of amides is 1. The highest BCUT2D eigenvalue weighted by atomic mass is 16.5. The number of methoxy groups -OCH3 is 2. The molecule has 0 N–H and O–H groups in total. The molecule has 7 nitrogen and oxygen atoms in total. The maximum atomic E-state index is 13.8. The zero-order valence-electron chi connectivity index (χ0n) is 22.0. The number of aromatic nitrogens is 2. The minimum Gasteiger partial charge on any atom is -0.497 e. The zero-order chi connectivity index (χ0) is 26.5. The van der Waals surface area contributed by atoms with Crippen LogP contribution in [-0.2, 0) is 4.74 Å². The highest BCUT2D eigenvalue weighted by molar-refractivity contribution is 5.94. The lowest BCUT2D eigenvalue weighted by Crippen LogP contribution is -2.38. The molecule has 0 aliphatic carbocycles. The fourth-order valence-corrected chi connectivity index (χ4v) is 4.43. The fraction of sp³-hybridized carbons (Fsp3) is 0.300. The van der Waals surface area contributed by atoms with Gasteiger partial charge in [-0.05, 0) is 86.8 Å². The van der Waals surface area contributed by atoms with Crippen LogP contribution in [0.3, 0.4) is 0 Å². The summed E-state index contributed by atoms with van der Waals surface area (Å²) in [6.07, 6.45) is 0.643.